The third-order valence-electron chi connectivity index (χ3n) is 2.09. The molecule has 1 aromatic heterocycles. The highest BCUT2D eigenvalue weighted by molar-refractivity contribution is 5.97. The molecule has 1 aromatic rings. The number of pyridine rings is 1. The number of nitrogens with one attached hydrogen (secondary N) is 1. The summed E-state index contributed by atoms with van der Waals surface area (Å²) in [6.07, 6.45) is 2.31. The Morgan fingerprint density at radius 2 is 2.06 bits per heavy atom. The van der Waals surface area contributed by atoms with Gasteiger partial charge in [-0.2, -0.15) is 0 Å². The van der Waals surface area contributed by atoms with Gasteiger partial charge in [0.05, 0.1) is 5.56 Å². The Labute approximate surface area is 95.1 Å². The third kappa shape index (κ3) is 2.89. The van der Waals surface area contributed by atoms with Gasteiger partial charge in [0.25, 0.3) is 0 Å². The Morgan fingerprint density at radius 1 is 1.44 bits per heavy atom. The number of aromatic nitrogens is 1. The number of aryl methyl sites for hydroxylation is 1. The van der Waals surface area contributed by atoms with E-state index in [4.69, 9.17) is 0 Å². The molecule has 0 unspecified atom stereocenters. The lowest BCUT2D eigenvalue weighted by molar-refractivity contribution is -0.123. The first-order valence-corrected chi connectivity index (χ1v) is 5.08. The summed E-state index contributed by atoms with van der Waals surface area (Å²) in [6.45, 7) is 7.25. The largest absolute Gasteiger partial charge is 0.310 e. The van der Waals surface area contributed by atoms with Crippen molar-refractivity contribution in [1.29, 1.82) is 0 Å². The summed E-state index contributed by atoms with van der Waals surface area (Å²) in [5, 5.41) is 2.65. The van der Waals surface area contributed by atoms with E-state index >= 15 is 0 Å². The van der Waals surface area contributed by atoms with Crippen LogP contribution in [0.15, 0.2) is 12.3 Å². The van der Waals surface area contributed by atoms with Crippen molar-refractivity contribution in [3.05, 3.63) is 23.4 Å². The van der Waals surface area contributed by atoms with Crippen LogP contribution < -0.4 is 5.32 Å². The lowest BCUT2D eigenvalue weighted by Gasteiger charge is -2.17. The Hall–Kier alpha value is -1.71. The van der Waals surface area contributed by atoms with Crippen LogP contribution in [0.4, 0.5) is 5.82 Å². The number of amides is 1. The Balaban J connectivity index is 2.98. The minimum atomic E-state index is -0.507. The van der Waals surface area contributed by atoms with E-state index in [0.717, 1.165) is 5.56 Å². The minimum Gasteiger partial charge on any atom is -0.310 e. The van der Waals surface area contributed by atoms with Crippen molar-refractivity contribution in [3.8, 4) is 0 Å². The summed E-state index contributed by atoms with van der Waals surface area (Å²) in [4.78, 5) is 26.6. The maximum Gasteiger partial charge on any atom is 0.230 e. The molecule has 0 aliphatic carbocycles. The van der Waals surface area contributed by atoms with Gasteiger partial charge in [0.1, 0.15) is 5.82 Å². The van der Waals surface area contributed by atoms with Gasteiger partial charge in [-0.1, -0.05) is 20.8 Å². The molecule has 0 aromatic carbocycles. The van der Waals surface area contributed by atoms with Crippen molar-refractivity contribution >= 4 is 18.0 Å². The summed E-state index contributed by atoms with van der Waals surface area (Å²) in [7, 11) is 0. The first kappa shape index (κ1) is 12.4. The van der Waals surface area contributed by atoms with Crippen molar-refractivity contribution in [3.63, 3.8) is 0 Å². The second-order valence-corrected chi connectivity index (χ2v) is 4.77. The fourth-order valence-corrected chi connectivity index (χ4v) is 1.08. The third-order valence-corrected chi connectivity index (χ3v) is 2.09. The second kappa shape index (κ2) is 4.43. The summed E-state index contributed by atoms with van der Waals surface area (Å²) in [5.74, 6) is 0.160. The number of anilines is 1. The molecule has 1 heterocycles. The molecule has 0 saturated carbocycles. The normalized spacial score (nSPS) is 11.0. The Morgan fingerprint density at radius 3 is 2.56 bits per heavy atom. The predicted molar refractivity (Wildman–Crippen MR) is 62.4 cm³/mol. The lowest BCUT2D eigenvalue weighted by atomic mass is 9.95. The number of hydrogen-bond acceptors (Lipinski definition) is 3. The molecule has 16 heavy (non-hydrogen) atoms. The summed E-state index contributed by atoms with van der Waals surface area (Å²) in [5.41, 5.74) is 0.778. The van der Waals surface area contributed by atoms with E-state index in [1.54, 1.807) is 33.0 Å². The zero-order chi connectivity index (χ0) is 12.3. The molecule has 0 bridgehead atoms. The van der Waals surface area contributed by atoms with E-state index in [-0.39, 0.29) is 5.91 Å². The van der Waals surface area contributed by atoms with Crippen LogP contribution >= 0.6 is 0 Å². The number of nitrogens with zero attached hydrogens (tertiary/aromatic N) is 1. The van der Waals surface area contributed by atoms with Crippen molar-refractivity contribution in [2.75, 3.05) is 5.32 Å². The molecule has 86 valence electrons. The van der Waals surface area contributed by atoms with E-state index < -0.39 is 5.41 Å². The zero-order valence-electron chi connectivity index (χ0n) is 10.00. The highest BCUT2D eigenvalue weighted by atomic mass is 16.2. The van der Waals surface area contributed by atoms with Gasteiger partial charge < -0.3 is 5.32 Å². The van der Waals surface area contributed by atoms with Gasteiger partial charge in [-0.15, -0.1) is 0 Å². The first-order chi connectivity index (χ1) is 7.34. The lowest BCUT2D eigenvalue weighted by Crippen LogP contribution is -2.28. The van der Waals surface area contributed by atoms with Crippen LogP contribution in [-0.4, -0.2) is 17.2 Å². The molecule has 0 aliphatic heterocycles. The highest BCUT2D eigenvalue weighted by Gasteiger charge is 2.22. The summed E-state index contributed by atoms with van der Waals surface area (Å²) in [6, 6.07) is 1.69. The topological polar surface area (TPSA) is 59.1 Å². The zero-order valence-corrected chi connectivity index (χ0v) is 10.00. The molecule has 0 fully saturated rings. The van der Waals surface area contributed by atoms with Crippen molar-refractivity contribution in [2.45, 2.75) is 27.7 Å². The second-order valence-electron chi connectivity index (χ2n) is 4.77. The molecular formula is C12H16N2O2. The molecule has 1 rings (SSSR count). The van der Waals surface area contributed by atoms with Crippen molar-refractivity contribution in [1.82, 2.24) is 4.98 Å². The standard InChI is InChI=1S/C12H16N2O2/c1-8-5-9(7-15)10(13-6-8)14-11(16)12(2,3)4/h5-7H,1-4H3,(H,13,14,16). The number of carbonyl (C=O) groups is 2. The maximum absolute atomic E-state index is 11.7. The number of hydrogen-bond donors (Lipinski definition) is 1. The molecule has 0 aliphatic rings. The van der Waals surface area contributed by atoms with Crippen molar-refractivity contribution in [2.24, 2.45) is 5.41 Å². The fourth-order valence-electron chi connectivity index (χ4n) is 1.08. The van der Waals surface area contributed by atoms with E-state index in [2.05, 4.69) is 10.3 Å². The first-order valence-electron chi connectivity index (χ1n) is 5.08. The molecular weight excluding hydrogens is 204 g/mol. The molecule has 0 radical (unpaired) electrons. The van der Waals surface area contributed by atoms with Crippen LogP contribution in [0.3, 0.4) is 0 Å². The van der Waals surface area contributed by atoms with Gasteiger partial charge >= 0.3 is 0 Å². The fraction of sp³-hybridized carbons (Fsp3) is 0.417. The molecule has 0 spiro atoms. The predicted octanol–water partition coefficient (Wildman–Crippen LogP) is 2.19. The Kier molecular flexibility index (Phi) is 3.42. The van der Waals surface area contributed by atoms with E-state index in [1.165, 1.54) is 0 Å². The van der Waals surface area contributed by atoms with Crippen molar-refractivity contribution < 1.29 is 9.59 Å². The maximum atomic E-state index is 11.7. The van der Waals surface area contributed by atoms with Gasteiger partial charge in [0.15, 0.2) is 6.29 Å². The SMILES string of the molecule is Cc1cnc(NC(=O)C(C)(C)C)c(C=O)c1. The van der Waals surface area contributed by atoms with Crippen LogP contribution in [-0.2, 0) is 4.79 Å². The summed E-state index contributed by atoms with van der Waals surface area (Å²) >= 11 is 0. The van der Waals surface area contributed by atoms with E-state index in [0.29, 0.717) is 17.7 Å². The average molecular weight is 220 g/mol. The van der Waals surface area contributed by atoms with Crippen LogP contribution in [0.5, 0.6) is 0 Å². The summed E-state index contributed by atoms with van der Waals surface area (Å²) < 4.78 is 0. The number of rotatable bonds is 2. The molecule has 4 heteroatoms. The molecule has 0 saturated heterocycles. The Bertz CT molecular complexity index is 420. The minimum absolute atomic E-state index is 0.160. The number of carbonyl (C=O) groups excluding carboxylic acids is 2. The van der Waals surface area contributed by atoms with Gasteiger partial charge in [0.2, 0.25) is 5.91 Å². The molecule has 1 amide bonds. The van der Waals surface area contributed by atoms with Crippen LogP contribution in [0.25, 0.3) is 0 Å². The number of aldehydes is 1. The monoisotopic (exact) mass is 220 g/mol. The van der Waals surface area contributed by atoms with Gasteiger partial charge in [0, 0.05) is 11.6 Å². The molecule has 0 atom stereocenters. The van der Waals surface area contributed by atoms with Crippen LogP contribution in [0.1, 0.15) is 36.7 Å². The average Bonchev–Trinajstić information content (AvgIpc) is 2.19. The van der Waals surface area contributed by atoms with Gasteiger partial charge in [-0.05, 0) is 18.6 Å². The van der Waals surface area contributed by atoms with E-state index in [9.17, 15) is 9.59 Å². The molecule has 1 N–H and O–H groups in total. The quantitative estimate of drug-likeness (QED) is 0.777. The highest BCUT2D eigenvalue weighted by Crippen LogP contribution is 2.18. The van der Waals surface area contributed by atoms with Crippen LogP contribution in [0.2, 0.25) is 0 Å². The molecule has 4 nitrogen and oxygen atoms in total. The van der Waals surface area contributed by atoms with Crippen LogP contribution in [0, 0.1) is 12.3 Å². The van der Waals surface area contributed by atoms with Gasteiger partial charge in [-0.3, -0.25) is 9.59 Å². The van der Waals surface area contributed by atoms with Gasteiger partial charge in [-0.25, -0.2) is 4.98 Å². The van der Waals surface area contributed by atoms with E-state index in [1.807, 2.05) is 6.92 Å². The smallest absolute Gasteiger partial charge is 0.230 e.